The molecule has 2 unspecified atom stereocenters. The van der Waals surface area contributed by atoms with Gasteiger partial charge in [-0.05, 0) is 43.9 Å². The molecule has 0 spiro atoms. The van der Waals surface area contributed by atoms with E-state index in [1.54, 1.807) is 18.5 Å². The van der Waals surface area contributed by atoms with Crippen LogP contribution in [0.5, 0.6) is 0 Å². The van der Waals surface area contributed by atoms with E-state index in [2.05, 4.69) is 21.4 Å². The molecule has 0 amide bonds. The molecule has 2 aliphatic heterocycles. The minimum Gasteiger partial charge on any atom is -0.349 e. The maximum Gasteiger partial charge on any atom is 0.140 e. The fourth-order valence-electron chi connectivity index (χ4n) is 3.68. The number of benzene rings is 1. The summed E-state index contributed by atoms with van der Waals surface area (Å²) in [4.78, 5) is 11.1. The van der Waals surface area contributed by atoms with Crippen molar-refractivity contribution in [1.29, 1.82) is 0 Å². The second kappa shape index (κ2) is 4.27. The predicted molar refractivity (Wildman–Crippen MR) is 77.2 cm³/mol. The first-order valence-corrected chi connectivity index (χ1v) is 7.07. The molecule has 0 saturated carbocycles. The van der Waals surface area contributed by atoms with Crippen LogP contribution in [0.1, 0.15) is 25.7 Å². The van der Waals surface area contributed by atoms with Crippen molar-refractivity contribution in [1.82, 2.24) is 9.97 Å². The molecule has 102 valence electrons. The zero-order chi connectivity index (χ0) is 13.7. The second-order valence-corrected chi connectivity index (χ2v) is 5.81. The minimum atomic E-state index is -0.234. The van der Waals surface area contributed by atoms with Crippen LogP contribution in [0.2, 0.25) is 0 Å². The third-order valence-electron chi connectivity index (χ3n) is 4.49. The maximum atomic E-state index is 13.6. The summed E-state index contributed by atoms with van der Waals surface area (Å²) in [5, 5.41) is 0.817. The van der Waals surface area contributed by atoms with Crippen molar-refractivity contribution in [2.24, 2.45) is 0 Å². The average molecular weight is 269 g/mol. The molecule has 4 rings (SSSR count). The molecule has 0 N–H and O–H groups in total. The van der Waals surface area contributed by atoms with Gasteiger partial charge in [-0.1, -0.05) is 12.2 Å². The average Bonchev–Trinajstić information content (AvgIpc) is 2.70. The van der Waals surface area contributed by atoms with Gasteiger partial charge in [0, 0.05) is 17.5 Å². The van der Waals surface area contributed by atoms with Crippen LogP contribution in [0, 0.1) is 5.82 Å². The van der Waals surface area contributed by atoms with Gasteiger partial charge in [-0.25, -0.2) is 14.4 Å². The SMILES string of the molecule is C=C1CC2CCC(C1)N2c1ncnc2ccc(F)cc12. The lowest BCUT2D eigenvalue weighted by Crippen LogP contribution is -2.41. The Morgan fingerprint density at radius 3 is 2.65 bits per heavy atom. The summed E-state index contributed by atoms with van der Waals surface area (Å²) in [5.74, 6) is 0.650. The molecule has 0 radical (unpaired) electrons. The monoisotopic (exact) mass is 269 g/mol. The van der Waals surface area contributed by atoms with Crippen LogP contribution in [0.15, 0.2) is 36.7 Å². The van der Waals surface area contributed by atoms with Crippen molar-refractivity contribution in [3.05, 3.63) is 42.5 Å². The van der Waals surface area contributed by atoms with E-state index < -0.39 is 0 Å². The van der Waals surface area contributed by atoms with E-state index in [1.165, 1.54) is 24.5 Å². The first kappa shape index (κ1) is 11.8. The predicted octanol–water partition coefficient (Wildman–Crippen LogP) is 3.46. The summed E-state index contributed by atoms with van der Waals surface area (Å²) < 4.78 is 13.6. The fraction of sp³-hybridized carbons (Fsp3) is 0.375. The molecule has 2 aliphatic rings. The van der Waals surface area contributed by atoms with Crippen molar-refractivity contribution in [3.8, 4) is 0 Å². The van der Waals surface area contributed by atoms with Gasteiger partial charge in [-0.2, -0.15) is 0 Å². The van der Waals surface area contributed by atoms with E-state index in [0.717, 1.165) is 29.6 Å². The van der Waals surface area contributed by atoms with Crippen LogP contribution in [0.4, 0.5) is 10.2 Å². The standard InChI is InChI=1S/C16H16FN3/c1-10-6-12-3-4-13(7-10)20(12)16-14-8-11(17)2-5-15(14)18-9-19-16/h2,5,8-9,12-13H,1,3-4,6-7H2. The van der Waals surface area contributed by atoms with Crippen LogP contribution in [-0.2, 0) is 0 Å². The lowest BCUT2D eigenvalue weighted by atomic mass is 9.98. The van der Waals surface area contributed by atoms with Crippen molar-refractivity contribution in [3.63, 3.8) is 0 Å². The van der Waals surface area contributed by atoms with E-state index in [4.69, 9.17) is 0 Å². The van der Waals surface area contributed by atoms with Crippen molar-refractivity contribution < 1.29 is 4.39 Å². The maximum absolute atomic E-state index is 13.6. The van der Waals surface area contributed by atoms with Gasteiger partial charge in [-0.15, -0.1) is 0 Å². The number of hydrogen-bond acceptors (Lipinski definition) is 3. The molecule has 2 bridgehead atoms. The Labute approximate surface area is 117 Å². The molecule has 4 heteroatoms. The van der Waals surface area contributed by atoms with Crippen molar-refractivity contribution in [2.45, 2.75) is 37.8 Å². The number of anilines is 1. The molecular formula is C16H16FN3. The second-order valence-electron chi connectivity index (χ2n) is 5.81. The highest BCUT2D eigenvalue weighted by Crippen LogP contribution is 2.41. The van der Waals surface area contributed by atoms with Crippen LogP contribution in [0.25, 0.3) is 10.9 Å². The van der Waals surface area contributed by atoms with Crippen LogP contribution in [-0.4, -0.2) is 22.1 Å². The normalized spacial score (nSPS) is 25.4. The third-order valence-corrected chi connectivity index (χ3v) is 4.49. The zero-order valence-electron chi connectivity index (χ0n) is 11.2. The zero-order valence-corrected chi connectivity index (χ0v) is 11.2. The van der Waals surface area contributed by atoms with Gasteiger partial charge in [0.25, 0.3) is 0 Å². The number of piperidine rings is 1. The Bertz CT molecular complexity index is 681. The number of hydrogen-bond donors (Lipinski definition) is 0. The van der Waals surface area contributed by atoms with Crippen LogP contribution in [0.3, 0.4) is 0 Å². The molecule has 3 nitrogen and oxygen atoms in total. The molecule has 3 heterocycles. The molecule has 2 atom stereocenters. The quantitative estimate of drug-likeness (QED) is 0.742. The first-order valence-electron chi connectivity index (χ1n) is 7.07. The van der Waals surface area contributed by atoms with Gasteiger partial charge in [0.15, 0.2) is 0 Å². The fourth-order valence-corrected chi connectivity index (χ4v) is 3.68. The van der Waals surface area contributed by atoms with Gasteiger partial charge >= 0.3 is 0 Å². The minimum absolute atomic E-state index is 0.234. The molecule has 1 aromatic heterocycles. The van der Waals surface area contributed by atoms with Crippen LogP contribution >= 0.6 is 0 Å². The van der Waals surface area contributed by atoms with Crippen molar-refractivity contribution >= 4 is 16.7 Å². The highest BCUT2D eigenvalue weighted by Gasteiger charge is 2.39. The Balaban J connectivity index is 1.86. The third kappa shape index (κ3) is 1.71. The summed E-state index contributed by atoms with van der Waals surface area (Å²) in [6, 6.07) is 5.64. The molecule has 20 heavy (non-hydrogen) atoms. The van der Waals surface area contributed by atoms with E-state index >= 15 is 0 Å². The molecule has 0 aliphatic carbocycles. The number of fused-ring (bicyclic) bond motifs is 3. The summed E-state index contributed by atoms with van der Waals surface area (Å²) in [7, 11) is 0. The Kier molecular flexibility index (Phi) is 2.52. The molecule has 1 aromatic carbocycles. The number of nitrogens with zero attached hydrogens (tertiary/aromatic N) is 3. The van der Waals surface area contributed by atoms with Gasteiger partial charge in [-0.3, -0.25) is 0 Å². The van der Waals surface area contributed by atoms with Gasteiger partial charge in [0.2, 0.25) is 0 Å². The highest BCUT2D eigenvalue weighted by atomic mass is 19.1. The number of aromatic nitrogens is 2. The molecular weight excluding hydrogens is 253 g/mol. The number of rotatable bonds is 1. The largest absolute Gasteiger partial charge is 0.349 e. The summed E-state index contributed by atoms with van der Waals surface area (Å²) >= 11 is 0. The topological polar surface area (TPSA) is 29.0 Å². The van der Waals surface area contributed by atoms with Gasteiger partial charge < -0.3 is 4.90 Å². The lowest BCUT2D eigenvalue weighted by molar-refractivity contribution is 0.547. The summed E-state index contributed by atoms with van der Waals surface area (Å²) in [5.41, 5.74) is 2.14. The van der Waals surface area contributed by atoms with Gasteiger partial charge in [0.05, 0.1) is 5.52 Å². The Morgan fingerprint density at radius 1 is 1.15 bits per heavy atom. The first-order chi connectivity index (χ1) is 9.72. The Hall–Kier alpha value is -1.97. The van der Waals surface area contributed by atoms with Crippen LogP contribution < -0.4 is 4.90 Å². The number of halogens is 1. The highest BCUT2D eigenvalue weighted by molar-refractivity contribution is 5.89. The van der Waals surface area contributed by atoms with Gasteiger partial charge in [0.1, 0.15) is 18.0 Å². The lowest BCUT2D eigenvalue weighted by Gasteiger charge is -2.37. The van der Waals surface area contributed by atoms with E-state index in [-0.39, 0.29) is 5.82 Å². The molecule has 2 aromatic rings. The molecule has 2 saturated heterocycles. The Morgan fingerprint density at radius 2 is 1.90 bits per heavy atom. The molecule has 2 fully saturated rings. The van der Waals surface area contributed by atoms with E-state index in [1.807, 2.05) is 0 Å². The smallest absolute Gasteiger partial charge is 0.140 e. The van der Waals surface area contributed by atoms with E-state index in [0.29, 0.717) is 12.1 Å². The van der Waals surface area contributed by atoms with E-state index in [9.17, 15) is 4.39 Å². The summed E-state index contributed by atoms with van der Waals surface area (Å²) in [6.07, 6.45) is 5.97. The summed E-state index contributed by atoms with van der Waals surface area (Å²) in [6.45, 7) is 4.14. The van der Waals surface area contributed by atoms with Crippen molar-refractivity contribution in [2.75, 3.05) is 4.90 Å².